The molecule has 3 aromatic rings. The number of aliphatic hydroxyl groups is 1. The van der Waals surface area contributed by atoms with E-state index in [0.29, 0.717) is 34.1 Å². The average Bonchev–Trinajstić information content (AvgIpc) is 3.39. The number of carbonyl (C=O) groups excluding carboxylic acids is 2. The van der Waals surface area contributed by atoms with Crippen LogP contribution in [0.25, 0.3) is 5.76 Å². The van der Waals surface area contributed by atoms with Crippen molar-refractivity contribution in [1.82, 2.24) is 0 Å². The van der Waals surface area contributed by atoms with E-state index in [1.807, 2.05) is 64.1 Å². The number of benzene rings is 3. The van der Waals surface area contributed by atoms with Gasteiger partial charge in [0.05, 0.1) is 17.7 Å². The fourth-order valence-electron chi connectivity index (χ4n) is 4.73. The maximum atomic E-state index is 13.5. The van der Waals surface area contributed by atoms with Gasteiger partial charge in [-0.15, -0.1) is 0 Å². The maximum Gasteiger partial charge on any atom is 0.300 e. The summed E-state index contributed by atoms with van der Waals surface area (Å²) >= 11 is 0. The molecule has 2 aliphatic rings. The number of aliphatic hydroxyl groups excluding tert-OH is 1. The highest BCUT2D eigenvalue weighted by molar-refractivity contribution is 6.51. The molecule has 1 atom stereocenters. The van der Waals surface area contributed by atoms with E-state index in [-0.39, 0.29) is 24.2 Å². The summed E-state index contributed by atoms with van der Waals surface area (Å²) in [6.45, 7) is 7.80. The van der Waals surface area contributed by atoms with Crippen molar-refractivity contribution < 1.29 is 28.9 Å². The second-order valence-corrected chi connectivity index (χ2v) is 9.32. The van der Waals surface area contributed by atoms with E-state index in [0.717, 1.165) is 11.1 Å². The van der Waals surface area contributed by atoms with E-state index < -0.39 is 17.7 Å². The van der Waals surface area contributed by atoms with Crippen LogP contribution in [0.3, 0.4) is 0 Å². The fraction of sp³-hybridized carbons (Fsp3) is 0.241. The molecule has 5 rings (SSSR count). The number of Topliss-reactive ketones (excluding diaryl/α,β-unsaturated/α-hetero) is 1. The standard InChI is InChI=1S/C29H27NO6/c1-16(2)36-22-7-5-6-19(13-22)26-25(27(31)20-8-9-23-24(14-20)35-15-34-23)28(32)29(33)30(26)21-11-17(3)10-18(4)12-21/h5-14,16,26,31H,15H2,1-4H3/b27-25-. The first-order chi connectivity index (χ1) is 17.2. The lowest BCUT2D eigenvalue weighted by molar-refractivity contribution is -0.132. The lowest BCUT2D eigenvalue weighted by Crippen LogP contribution is -2.29. The highest BCUT2D eigenvalue weighted by atomic mass is 16.7. The van der Waals surface area contributed by atoms with Crippen LogP contribution in [0.2, 0.25) is 0 Å². The summed E-state index contributed by atoms with van der Waals surface area (Å²) in [5.74, 6) is -0.119. The van der Waals surface area contributed by atoms with E-state index in [1.165, 1.54) is 4.90 Å². The molecule has 0 radical (unpaired) electrons. The quantitative estimate of drug-likeness (QED) is 0.294. The van der Waals surface area contributed by atoms with Crippen molar-refractivity contribution in [2.24, 2.45) is 0 Å². The Labute approximate surface area is 209 Å². The van der Waals surface area contributed by atoms with Gasteiger partial charge in [-0.2, -0.15) is 0 Å². The Morgan fingerprint density at radius 3 is 2.42 bits per heavy atom. The Kier molecular flexibility index (Phi) is 5.92. The lowest BCUT2D eigenvalue weighted by Gasteiger charge is -2.26. The molecular formula is C29H27NO6. The molecule has 3 aromatic carbocycles. The zero-order chi connectivity index (χ0) is 25.6. The summed E-state index contributed by atoms with van der Waals surface area (Å²) in [5, 5.41) is 11.4. The normalized spacial score (nSPS) is 18.2. The van der Waals surface area contributed by atoms with Gasteiger partial charge >= 0.3 is 0 Å². The predicted molar refractivity (Wildman–Crippen MR) is 135 cm³/mol. The van der Waals surface area contributed by atoms with Gasteiger partial charge < -0.3 is 19.3 Å². The Morgan fingerprint density at radius 1 is 0.972 bits per heavy atom. The summed E-state index contributed by atoms with van der Waals surface area (Å²) < 4.78 is 16.7. The third kappa shape index (κ3) is 4.17. The van der Waals surface area contributed by atoms with Crippen LogP contribution < -0.4 is 19.1 Å². The number of hydrogen-bond acceptors (Lipinski definition) is 6. The summed E-state index contributed by atoms with van der Waals surface area (Å²) in [6.07, 6.45) is -0.0559. The number of hydrogen-bond donors (Lipinski definition) is 1. The van der Waals surface area contributed by atoms with Gasteiger partial charge in [0.1, 0.15) is 11.5 Å². The summed E-state index contributed by atoms with van der Waals surface area (Å²) in [5.41, 5.74) is 3.50. The van der Waals surface area contributed by atoms with Gasteiger partial charge in [0.25, 0.3) is 11.7 Å². The van der Waals surface area contributed by atoms with Gasteiger partial charge in [-0.25, -0.2) is 0 Å². The van der Waals surface area contributed by atoms with Crippen LogP contribution in [0.15, 0.2) is 66.2 Å². The molecule has 36 heavy (non-hydrogen) atoms. The molecule has 0 saturated carbocycles. The third-order valence-electron chi connectivity index (χ3n) is 6.12. The molecule has 0 aromatic heterocycles. The average molecular weight is 486 g/mol. The first-order valence-corrected chi connectivity index (χ1v) is 11.8. The summed E-state index contributed by atoms with van der Waals surface area (Å²) in [7, 11) is 0. The van der Waals surface area contributed by atoms with Gasteiger partial charge in [0, 0.05) is 11.3 Å². The van der Waals surface area contributed by atoms with E-state index in [4.69, 9.17) is 14.2 Å². The highest BCUT2D eigenvalue weighted by Gasteiger charge is 2.47. The van der Waals surface area contributed by atoms with Crippen LogP contribution in [-0.4, -0.2) is 29.7 Å². The second kappa shape index (κ2) is 9.07. The number of anilines is 1. The van der Waals surface area contributed by atoms with Crippen molar-refractivity contribution in [3.05, 3.63) is 88.5 Å². The number of amides is 1. The van der Waals surface area contributed by atoms with Gasteiger partial charge in [-0.3, -0.25) is 14.5 Å². The molecule has 1 unspecified atom stereocenters. The van der Waals surface area contributed by atoms with Crippen molar-refractivity contribution >= 4 is 23.1 Å². The number of ketones is 1. The minimum absolute atomic E-state index is 0.000258. The largest absolute Gasteiger partial charge is 0.507 e. The molecule has 1 saturated heterocycles. The van der Waals surface area contributed by atoms with E-state index in [2.05, 4.69) is 0 Å². The van der Waals surface area contributed by atoms with Crippen LogP contribution in [-0.2, 0) is 9.59 Å². The maximum absolute atomic E-state index is 13.5. The van der Waals surface area contributed by atoms with Gasteiger partial charge in [-0.05, 0) is 86.8 Å². The summed E-state index contributed by atoms with van der Waals surface area (Å²) in [6, 6.07) is 17.1. The Morgan fingerprint density at radius 2 is 1.69 bits per heavy atom. The highest BCUT2D eigenvalue weighted by Crippen LogP contribution is 2.44. The molecule has 1 amide bonds. The molecule has 7 nitrogen and oxygen atoms in total. The molecule has 184 valence electrons. The van der Waals surface area contributed by atoms with Crippen molar-refractivity contribution in [1.29, 1.82) is 0 Å². The van der Waals surface area contributed by atoms with Gasteiger partial charge in [0.2, 0.25) is 6.79 Å². The molecule has 7 heteroatoms. The van der Waals surface area contributed by atoms with Gasteiger partial charge in [-0.1, -0.05) is 18.2 Å². The minimum atomic E-state index is -0.854. The molecule has 0 bridgehead atoms. The monoisotopic (exact) mass is 485 g/mol. The topological polar surface area (TPSA) is 85.3 Å². The number of nitrogens with zero attached hydrogens (tertiary/aromatic N) is 1. The van der Waals surface area contributed by atoms with Crippen molar-refractivity contribution in [3.8, 4) is 17.2 Å². The Hall–Kier alpha value is -4.26. The van der Waals surface area contributed by atoms with Gasteiger partial charge in [0.15, 0.2) is 11.5 Å². The molecule has 1 N–H and O–H groups in total. The molecule has 0 aliphatic carbocycles. The number of fused-ring (bicyclic) bond motifs is 1. The number of rotatable bonds is 5. The SMILES string of the molecule is Cc1cc(C)cc(N2C(=O)C(=O)/C(=C(\O)c3ccc4c(c3)OCO4)C2c2cccc(OC(C)C)c2)c1. The van der Waals surface area contributed by atoms with Crippen LogP contribution >= 0.6 is 0 Å². The number of aryl methyl sites for hydroxylation is 2. The van der Waals surface area contributed by atoms with Crippen LogP contribution in [0.5, 0.6) is 17.2 Å². The van der Waals surface area contributed by atoms with Crippen LogP contribution in [0, 0.1) is 13.8 Å². The lowest BCUT2D eigenvalue weighted by atomic mass is 9.94. The molecule has 1 fully saturated rings. The first kappa shape index (κ1) is 23.5. The third-order valence-corrected chi connectivity index (χ3v) is 6.12. The molecular weight excluding hydrogens is 458 g/mol. The molecule has 2 heterocycles. The fourth-order valence-corrected chi connectivity index (χ4v) is 4.73. The van der Waals surface area contributed by atoms with E-state index in [1.54, 1.807) is 24.3 Å². The van der Waals surface area contributed by atoms with Crippen LogP contribution in [0.1, 0.15) is 42.1 Å². The smallest absolute Gasteiger partial charge is 0.300 e. The molecule has 0 spiro atoms. The number of carbonyl (C=O) groups is 2. The Balaban J connectivity index is 1.71. The summed E-state index contributed by atoms with van der Waals surface area (Å²) in [4.78, 5) is 28.4. The predicted octanol–water partition coefficient (Wildman–Crippen LogP) is 5.45. The van der Waals surface area contributed by atoms with E-state index >= 15 is 0 Å². The zero-order valence-corrected chi connectivity index (χ0v) is 20.6. The van der Waals surface area contributed by atoms with E-state index in [9.17, 15) is 14.7 Å². The minimum Gasteiger partial charge on any atom is -0.507 e. The first-order valence-electron chi connectivity index (χ1n) is 11.8. The number of ether oxygens (including phenoxy) is 3. The van der Waals surface area contributed by atoms with Crippen molar-refractivity contribution in [3.63, 3.8) is 0 Å². The Bertz CT molecular complexity index is 1390. The second-order valence-electron chi connectivity index (χ2n) is 9.32. The molecule has 2 aliphatic heterocycles. The van der Waals surface area contributed by atoms with Crippen molar-refractivity contribution in [2.75, 3.05) is 11.7 Å². The van der Waals surface area contributed by atoms with Crippen molar-refractivity contribution in [2.45, 2.75) is 39.8 Å². The van der Waals surface area contributed by atoms with Crippen LogP contribution in [0.4, 0.5) is 5.69 Å². The zero-order valence-electron chi connectivity index (χ0n) is 20.6.